The summed E-state index contributed by atoms with van der Waals surface area (Å²) < 4.78 is 22.4. The molecule has 6 nitrogen and oxygen atoms in total. The van der Waals surface area contributed by atoms with E-state index in [1.807, 2.05) is 0 Å². The van der Waals surface area contributed by atoms with Crippen molar-refractivity contribution in [2.24, 2.45) is 0 Å². The van der Waals surface area contributed by atoms with Gasteiger partial charge in [0.15, 0.2) is 11.6 Å². The first-order valence-corrected chi connectivity index (χ1v) is 6.20. The first-order valence-electron chi connectivity index (χ1n) is 6.20. The Labute approximate surface area is 107 Å². The highest BCUT2D eigenvalue weighted by Gasteiger charge is 2.50. The predicted octanol–water partition coefficient (Wildman–Crippen LogP) is 0.0112. The third-order valence-electron chi connectivity index (χ3n) is 3.13. The second-order valence-electron chi connectivity index (χ2n) is 5.68. The SMILES string of the molecule is CC1(C)OCC(O)C(C2OC(C)(C)OC2CO)O1. The van der Waals surface area contributed by atoms with Crippen LogP contribution in [0.3, 0.4) is 0 Å². The minimum absolute atomic E-state index is 0.177. The summed E-state index contributed by atoms with van der Waals surface area (Å²) in [5.74, 6) is -1.57. The summed E-state index contributed by atoms with van der Waals surface area (Å²) in [5.41, 5.74) is 0. The van der Waals surface area contributed by atoms with E-state index in [2.05, 4.69) is 0 Å². The molecule has 18 heavy (non-hydrogen) atoms. The monoisotopic (exact) mass is 262 g/mol. The molecule has 4 unspecified atom stereocenters. The lowest BCUT2D eigenvalue weighted by Crippen LogP contribution is -2.56. The second kappa shape index (κ2) is 4.70. The third-order valence-corrected chi connectivity index (χ3v) is 3.13. The van der Waals surface area contributed by atoms with Crippen LogP contribution in [-0.4, -0.2) is 59.4 Å². The molecule has 106 valence electrons. The molecule has 0 spiro atoms. The van der Waals surface area contributed by atoms with Gasteiger partial charge in [0.05, 0.1) is 13.2 Å². The fraction of sp³-hybridized carbons (Fsp3) is 1.00. The molecule has 2 aliphatic heterocycles. The van der Waals surface area contributed by atoms with Gasteiger partial charge in [-0.3, -0.25) is 0 Å². The van der Waals surface area contributed by atoms with Crippen molar-refractivity contribution in [1.29, 1.82) is 0 Å². The van der Waals surface area contributed by atoms with Gasteiger partial charge in [-0.1, -0.05) is 0 Å². The minimum Gasteiger partial charge on any atom is -0.394 e. The van der Waals surface area contributed by atoms with E-state index >= 15 is 0 Å². The van der Waals surface area contributed by atoms with E-state index in [9.17, 15) is 10.2 Å². The number of ether oxygens (including phenoxy) is 4. The quantitative estimate of drug-likeness (QED) is 0.730. The van der Waals surface area contributed by atoms with E-state index in [-0.39, 0.29) is 13.2 Å². The van der Waals surface area contributed by atoms with Crippen molar-refractivity contribution < 1.29 is 29.2 Å². The van der Waals surface area contributed by atoms with Crippen LogP contribution in [0.25, 0.3) is 0 Å². The Balaban J connectivity index is 2.13. The standard InChI is InChI=1S/C12H22O6/c1-11(2)15-6-7(14)9(17-11)10-8(5-13)16-12(3,4)18-10/h7-10,13-14H,5-6H2,1-4H3. The average molecular weight is 262 g/mol. The number of hydrogen-bond acceptors (Lipinski definition) is 6. The zero-order valence-electron chi connectivity index (χ0n) is 11.3. The minimum atomic E-state index is -0.797. The maximum Gasteiger partial charge on any atom is 0.164 e. The Morgan fingerprint density at radius 3 is 2.22 bits per heavy atom. The summed E-state index contributed by atoms with van der Waals surface area (Å²) in [5, 5.41) is 19.3. The average Bonchev–Trinajstić information content (AvgIpc) is 2.57. The lowest BCUT2D eigenvalue weighted by molar-refractivity contribution is -0.322. The van der Waals surface area contributed by atoms with Crippen molar-refractivity contribution in [3.63, 3.8) is 0 Å². The number of rotatable bonds is 2. The van der Waals surface area contributed by atoms with Gasteiger partial charge in [0.1, 0.15) is 24.4 Å². The summed E-state index contributed by atoms with van der Waals surface area (Å²) in [4.78, 5) is 0. The number of aliphatic hydroxyl groups excluding tert-OH is 2. The fourth-order valence-electron chi connectivity index (χ4n) is 2.39. The molecule has 4 atom stereocenters. The van der Waals surface area contributed by atoms with Crippen LogP contribution >= 0.6 is 0 Å². The molecule has 0 amide bonds. The molecule has 0 radical (unpaired) electrons. The highest BCUT2D eigenvalue weighted by Crippen LogP contribution is 2.35. The van der Waals surface area contributed by atoms with Crippen molar-refractivity contribution in [2.75, 3.05) is 13.2 Å². The van der Waals surface area contributed by atoms with Gasteiger partial charge in [0, 0.05) is 0 Å². The van der Waals surface area contributed by atoms with Crippen molar-refractivity contribution in [3.05, 3.63) is 0 Å². The zero-order chi connectivity index (χ0) is 13.6. The van der Waals surface area contributed by atoms with Gasteiger partial charge < -0.3 is 29.2 Å². The van der Waals surface area contributed by atoms with E-state index < -0.39 is 36.0 Å². The van der Waals surface area contributed by atoms with Gasteiger partial charge >= 0.3 is 0 Å². The summed E-state index contributed by atoms with van der Waals surface area (Å²) in [6.45, 7) is 7.10. The zero-order valence-corrected chi connectivity index (χ0v) is 11.3. The fourth-order valence-corrected chi connectivity index (χ4v) is 2.39. The molecule has 2 saturated heterocycles. The van der Waals surface area contributed by atoms with Gasteiger partial charge in [-0.15, -0.1) is 0 Å². The summed E-state index contributed by atoms with van der Waals surface area (Å²) >= 11 is 0. The highest BCUT2D eigenvalue weighted by molar-refractivity contribution is 4.92. The van der Waals surface area contributed by atoms with Crippen LogP contribution in [0, 0.1) is 0 Å². The van der Waals surface area contributed by atoms with Crippen LogP contribution in [0.1, 0.15) is 27.7 Å². The summed E-state index contributed by atoms with van der Waals surface area (Å²) in [7, 11) is 0. The van der Waals surface area contributed by atoms with Crippen molar-refractivity contribution in [1.82, 2.24) is 0 Å². The Bertz CT molecular complexity index is 301. The normalized spacial score (nSPS) is 43.0. The molecule has 2 N–H and O–H groups in total. The molecular weight excluding hydrogens is 240 g/mol. The maximum absolute atomic E-state index is 9.98. The van der Waals surface area contributed by atoms with Crippen LogP contribution in [0.2, 0.25) is 0 Å². The summed E-state index contributed by atoms with van der Waals surface area (Å²) in [6.07, 6.45) is -2.39. The first kappa shape index (κ1) is 14.2. The maximum atomic E-state index is 9.98. The molecule has 0 saturated carbocycles. The molecule has 2 heterocycles. The van der Waals surface area contributed by atoms with Crippen molar-refractivity contribution >= 4 is 0 Å². The van der Waals surface area contributed by atoms with Gasteiger partial charge in [-0.2, -0.15) is 0 Å². The Morgan fingerprint density at radius 2 is 1.61 bits per heavy atom. The molecule has 0 bridgehead atoms. The van der Waals surface area contributed by atoms with Crippen molar-refractivity contribution in [2.45, 2.75) is 63.7 Å². The molecule has 0 aromatic heterocycles. The lowest BCUT2D eigenvalue weighted by atomic mass is 10.0. The molecule has 6 heteroatoms. The second-order valence-corrected chi connectivity index (χ2v) is 5.68. The summed E-state index contributed by atoms with van der Waals surface area (Å²) in [6, 6.07) is 0. The Morgan fingerprint density at radius 1 is 1.00 bits per heavy atom. The van der Waals surface area contributed by atoms with Crippen LogP contribution in [0.15, 0.2) is 0 Å². The molecule has 2 rings (SSSR count). The molecule has 0 aromatic carbocycles. The Kier molecular flexibility index (Phi) is 3.70. The van der Waals surface area contributed by atoms with E-state index in [1.165, 1.54) is 0 Å². The van der Waals surface area contributed by atoms with Gasteiger partial charge in [0.2, 0.25) is 0 Å². The van der Waals surface area contributed by atoms with Gasteiger partial charge in [0.25, 0.3) is 0 Å². The third kappa shape index (κ3) is 2.84. The highest BCUT2D eigenvalue weighted by atomic mass is 16.8. The van der Waals surface area contributed by atoms with E-state index in [0.717, 1.165) is 0 Å². The first-order chi connectivity index (χ1) is 8.24. The number of hydrogen-bond donors (Lipinski definition) is 2. The van der Waals surface area contributed by atoms with E-state index in [0.29, 0.717) is 0 Å². The lowest BCUT2D eigenvalue weighted by Gasteiger charge is -2.41. The Hall–Kier alpha value is -0.240. The van der Waals surface area contributed by atoms with Crippen molar-refractivity contribution in [3.8, 4) is 0 Å². The molecule has 2 fully saturated rings. The van der Waals surface area contributed by atoms with Crippen LogP contribution in [0.4, 0.5) is 0 Å². The molecule has 2 aliphatic rings. The largest absolute Gasteiger partial charge is 0.394 e. The topological polar surface area (TPSA) is 77.4 Å². The van der Waals surface area contributed by atoms with Crippen LogP contribution < -0.4 is 0 Å². The van der Waals surface area contributed by atoms with Gasteiger partial charge in [-0.05, 0) is 27.7 Å². The predicted molar refractivity (Wildman–Crippen MR) is 61.8 cm³/mol. The molecular formula is C12H22O6. The smallest absolute Gasteiger partial charge is 0.164 e. The van der Waals surface area contributed by atoms with Gasteiger partial charge in [-0.25, -0.2) is 0 Å². The number of aliphatic hydroxyl groups is 2. The van der Waals surface area contributed by atoms with Crippen LogP contribution in [0.5, 0.6) is 0 Å². The van der Waals surface area contributed by atoms with Crippen LogP contribution in [-0.2, 0) is 18.9 Å². The molecule has 0 aromatic rings. The molecule has 0 aliphatic carbocycles. The van der Waals surface area contributed by atoms with E-state index in [1.54, 1.807) is 27.7 Å². The van der Waals surface area contributed by atoms with E-state index in [4.69, 9.17) is 18.9 Å².